The average Bonchev–Trinajstić information content (AvgIpc) is 3.49. The second kappa shape index (κ2) is 68.7. The van der Waals surface area contributed by atoms with Crippen LogP contribution in [0.5, 0.6) is 0 Å². The minimum Gasteiger partial charge on any atom is -0.462 e. The highest BCUT2D eigenvalue weighted by Crippen LogP contribution is 2.14. The first kappa shape index (κ1) is 77.2. The van der Waals surface area contributed by atoms with Crippen LogP contribution in [0.3, 0.4) is 0 Å². The molecule has 0 bridgehead atoms. The summed E-state index contributed by atoms with van der Waals surface area (Å²) < 4.78 is 16.9. The van der Waals surface area contributed by atoms with Crippen LogP contribution in [-0.2, 0) is 28.6 Å². The summed E-state index contributed by atoms with van der Waals surface area (Å²) in [6, 6.07) is 0. The number of esters is 3. The second-order valence-corrected chi connectivity index (χ2v) is 20.9. The van der Waals surface area contributed by atoms with Crippen molar-refractivity contribution >= 4 is 17.9 Å². The zero-order valence-corrected chi connectivity index (χ0v) is 52.9. The predicted molar refractivity (Wildman–Crippen MR) is 361 cm³/mol. The van der Waals surface area contributed by atoms with Crippen molar-refractivity contribution in [3.63, 3.8) is 0 Å². The number of hydrogen-bond donors (Lipinski definition) is 0. The van der Waals surface area contributed by atoms with E-state index in [0.29, 0.717) is 19.3 Å². The van der Waals surface area contributed by atoms with Crippen LogP contribution < -0.4 is 0 Å². The summed E-state index contributed by atoms with van der Waals surface area (Å²) in [6.45, 7) is 6.22. The predicted octanol–water partition coefficient (Wildman–Crippen LogP) is 23.0. The maximum absolute atomic E-state index is 12.9. The van der Waals surface area contributed by atoms with Crippen LogP contribution in [0.4, 0.5) is 0 Å². The molecule has 0 aromatic carbocycles. The number of allylic oxidation sites excluding steroid dienone is 32. The van der Waals surface area contributed by atoms with Gasteiger partial charge in [0.15, 0.2) is 6.10 Å². The SMILES string of the molecule is CC/C=C\C/C=C\C/C=C\C/C=C\C/C=C\C/C=C\C/C=C\CCCC(=O)OC(COC(=O)CCCCCCC/C=C\C/C=C\C/C=C\CC)COC(=O)CCCCCCCCCC/C=C\C/C=C\C/C=C\C/C=C\C/C=C\C/C=C\CC. The number of carbonyl (C=O) groups excluding carboxylic acids is 3. The lowest BCUT2D eigenvalue weighted by Crippen LogP contribution is -2.30. The van der Waals surface area contributed by atoms with Crippen molar-refractivity contribution in [1.82, 2.24) is 0 Å². The molecule has 0 saturated heterocycles. The molecular formula is C77H118O6. The van der Waals surface area contributed by atoms with Crippen LogP contribution in [0.1, 0.15) is 252 Å². The van der Waals surface area contributed by atoms with Crippen molar-refractivity contribution in [2.24, 2.45) is 0 Å². The van der Waals surface area contributed by atoms with E-state index in [0.717, 1.165) is 173 Å². The van der Waals surface area contributed by atoms with E-state index in [-0.39, 0.29) is 37.5 Å². The Morgan fingerprint density at radius 2 is 0.446 bits per heavy atom. The Bertz CT molecular complexity index is 1990. The van der Waals surface area contributed by atoms with Crippen molar-refractivity contribution in [2.75, 3.05) is 13.2 Å². The van der Waals surface area contributed by atoms with Gasteiger partial charge >= 0.3 is 17.9 Å². The lowest BCUT2D eigenvalue weighted by atomic mass is 10.1. The number of unbranched alkanes of at least 4 members (excludes halogenated alkanes) is 14. The molecule has 0 aromatic heterocycles. The highest BCUT2D eigenvalue weighted by atomic mass is 16.6. The van der Waals surface area contributed by atoms with Crippen LogP contribution >= 0.6 is 0 Å². The Morgan fingerprint density at radius 1 is 0.241 bits per heavy atom. The summed E-state index contributed by atoms with van der Waals surface area (Å²) in [5.41, 5.74) is 0. The molecule has 6 heteroatoms. The van der Waals surface area contributed by atoms with Gasteiger partial charge in [-0.25, -0.2) is 0 Å². The molecule has 0 N–H and O–H groups in total. The summed E-state index contributed by atoms with van der Waals surface area (Å²) in [4.78, 5) is 38.4. The van der Waals surface area contributed by atoms with E-state index >= 15 is 0 Å². The lowest BCUT2D eigenvalue weighted by Gasteiger charge is -2.18. The molecule has 0 aliphatic rings. The molecule has 0 amide bonds. The third-order valence-electron chi connectivity index (χ3n) is 13.1. The van der Waals surface area contributed by atoms with E-state index in [1.165, 1.54) is 32.1 Å². The smallest absolute Gasteiger partial charge is 0.306 e. The first-order valence-electron chi connectivity index (χ1n) is 32.9. The third-order valence-corrected chi connectivity index (χ3v) is 13.1. The molecule has 0 rings (SSSR count). The molecule has 0 spiro atoms. The van der Waals surface area contributed by atoms with E-state index in [1.54, 1.807) is 0 Å². The van der Waals surface area contributed by atoms with E-state index in [2.05, 4.69) is 215 Å². The minimum absolute atomic E-state index is 0.122. The second-order valence-electron chi connectivity index (χ2n) is 20.9. The first-order chi connectivity index (χ1) is 41.0. The van der Waals surface area contributed by atoms with Gasteiger partial charge in [0.05, 0.1) is 0 Å². The highest BCUT2D eigenvalue weighted by Gasteiger charge is 2.19. The van der Waals surface area contributed by atoms with Crippen LogP contribution in [-0.4, -0.2) is 37.2 Å². The zero-order chi connectivity index (χ0) is 59.9. The van der Waals surface area contributed by atoms with E-state index in [1.807, 2.05) is 0 Å². The normalized spacial score (nSPS) is 13.4. The topological polar surface area (TPSA) is 78.9 Å². The summed E-state index contributed by atoms with van der Waals surface area (Å²) in [6.07, 6.45) is 104. The van der Waals surface area contributed by atoms with Crippen LogP contribution in [0.25, 0.3) is 0 Å². The quantitative estimate of drug-likeness (QED) is 0.0261. The molecule has 1 unspecified atom stereocenters. The summed E-state index contributed by atoms with van der Waals surface area (Å²) in [7, 11) is 0. The van der Waals surface area contributed by atoms with Gasteiger partial charge in [-0.2, -0.15) is 0 Å². The van der Waals surface area contributed by atoms with E-state index in [9.17, 15) is 14.4 Å². The first-order valence-corrected chi connectivity index (χ1v) is 32.9. The number of hydrogen-bond acceptors (Lipinski definition) is 6. The van der Waals surface area contributed by atoms with Crippen molar-refractivity contribution in [1.29, 1.82) is 0 Å². The highest BCUT2D eigenvalue weighted by molar-refractivity contribution is 5.71. The number of carbonyl (C=O) groups is 3. The van der Waals surface area contributed by atoms with E-state index < -0.39 is 6.10 Å². The number of ether oxygens (including phenoxy) is 3. The third kappa shape index (κ3) is 66.9. The Balaban J connectivity index is 4.52. The molecule has 462 valence electrons. The molecule has 0 aliphatic heterocycles. The summed E-state index contributed by atoms with van der Waals surface area (Å²) in [5.74, 6) is -1.01. The molecule has 6 nitrogen and oxygen atoms in total. The van der Waals surface area contributed by atoms with Crippen molar-refractivity contribution in [3.05, 3.63) is 194 Å². The fourth-order valence-electron chi connectivity index (χ4n) is 8.27. The van der Waals surface area contributed by atoms with Gasteiger partial charge in [-0.1, -0.05) is 273 Å². The molecule has 0 aromatic rings. The molecule has 1 atom stereocenters. The molecular weight excluding hydrogens is 1020 g/mol. The summed E-state index contributed by atoms with van der Waals surface area (Å²) in [5, 5.41) is 0. The van der Waals surface area contributed by atoms with Gasteiger partial charge in [0.25, 0.3) is 0 Å². The van der Waals surface area contributed by atoms with Gasteiger partial charge in [-0.15, -0.1) is 0 Å². The fourth-order valence-corrected chi connectivity index (χ4v) is 8.27. The largest absolute Gasteiger partial charge is 0.462 e. The minimum atomic E-state index is -0.833. The lowest BCUT2D eigenvalue weighted by molar-refractivity contribution is -0.167. The van der Waals surface area contributed by atoms with Gasteiger partial charge in [-0.3, -0.25) is 14.4 Å². The number of rotatable bonds is 57. The van der Waals surface area contributed by atoms with Crippen LogP contribution in [0.15, 0.2) is 194 Å². The van der Waals surface area contributed by atoms with Crippen molar-refractivity contribution in [2.45, 2.75) is 258 Å². The van der Waals surface area contributed by atoms with Gasteiger partial charge < -0.3 is 14.2 Å². The maximum atomic E-state index is 12.9. The maximum Gasteiger partial charge on any atom is 0.306 e. The molecule has 0 saturated carbocycles. The van der Waals surface area contributed by atoms with Gasteiger partial charge in [0, 0.05) is 19.3 Å². The van der Waals surface area contributed by atoms with E-state index in [4.69, 9.17) is 14.2 Å². The van der Waals surface area contributed by atoms with Crippen molar-refractivity contribution in [3.8, 4) is 0 Å². The molecule has 0 fully saturated rings. The Labute approximate surface area is 509 Å². The zero-order valence-electron chi connectivity index (χ0n) is 52.9. The Hall–Kier alpha value is -5.75. The average molecular weight is 1140 g/mol. The Kier molecular flexibility index (Phi) is 64.0. The molecule has 0 aliphatic carbocycles. The van der Waals surface area contributed by atoms with Crippen LogP contribution in [0, 0.1) is 0 Å². The van der Waals surface area contributed by atoms with Crippen LogP contribution in [0.2, 0.25) is 0 Å². The monoisotopic (exact) mass is 1140 g/mol. The standard InChI is InChI=1S/C77H118O6/c1-4-7-10-13-16-19-22-25-28-30-32-34-36-37-38-39-41-42-44-46-49-52-55-58-61-64-67-70-76(79)82-73-74(72-81-75(78)69-66-63-60-57-54-51-48-27-24-21-18-15-12-9-6-3)83-77(80)71-68-65-62-59-56-53-50-47-45-43-40-35-33-31-29-26-23-20-17-14-11-8-5-2/h7-12,16-21,25-29,32-35,37-38,41-43,45,48,50,53,59,62,74H,4-6,13-15,22-24,30-31,36,39-40,44,46-47,49,51-52,54-58,60-61,63-73H2,1-3H3/b10-7-,11-8-,12-9-,19-16-,20-17-,21-18-,28-25-,29-26-,34-32-,35-33-,38-37-,42-41-,45-43-,48-27-,53-50-,62-59-. The van der Waals surface area contributed by atoms with Crippen molar-refractivity contribution < 1.29 is 28.6 Å². The Morgan fingerprint density at radius 3 is 0.711 bits per heavy atom. The molecule has 0 radical (unpaired) electrons. The fraction of sp³-hybridized carbons (Fsp3) is 0.545. The van der Waals surface area contributed by atoms with Gasteiger partial charge in [-0.05, 0) is 154 Å². The molecule has 0 heterocycles. The summed E-state index contributed by atoms with van der Waals surface area (Å²) >= 11 is 0. The van der Waals surface area contributed by atoms with Gasteiger partial charge in [0.1, 0.15) is 13.2 Å². The molecule has 83 heavy (non-hydrogen) atoms. The van der Waals surface area contributed by atoms with Gasteiger partial charge in [0.2, 0.25) is 0 Å².